The molecule has 0 fully saturated rings. The fourth-order valence-corrected chi connectivity index (χ4v) is 3.56. The minimum absolute atomic E-state index is 0.186. The highest BCUT2D eigenvalue weighted by molar-refractivity contribution is 5.91. The minimum atomic E-state index is -0.854. The van der Waals surface area contributed by atoms with E-state index in [2.05, 4.69) is 10.6 Å². The van der Waals surface area contributed by atoms with Crippen molar-refractivity contribution in [2.75, 3.05) is 14.1 Å². The first-order valence-electron chi connectivity index (χ1n) is 11.3. The van der Waals surface area contributed by atoms with Crippen LogP contribution in [0.1, 0.15) is 66.5 Å². The Labute approximate surface area is 198 Å². The number of hydrogen-bond acceptors (Lipinski definition) is 5. The predicted molar refractivity (Wildman–Crippen MR) is 129 cm³/mol. The Balaban J connectivity index is 3.16. The second kappa shape index (κ2) is 10.9. The highest BCUT2D eigenvalue weighted by Gasteiger charge is 2.34. The van der Waals surface area contributed by atoms with E-state index in [0.29, 0.717) is 0 Å². The molecule has 0 aliphatic rings. The molecule has 0 bridgehead atoms. The maximum absolute atomic E-state index is 13.2. The molecule has 0 aromatic heterocycles. The van der Waals surface area contributed by atoms with Gasteiger partial charge in [0.05, 0.1) is 0 Å². The topological polar surface area (TPSA) is 108 Å². The number of carbonyl (C=O) groups excluding carboxylic acids is 3. The van der Waals surface area contributed by atoms with Gasteiger partial charge in [0, 0.05) is 20.5 Å². The van der Waals surface area contributed by atoms with Crippen molar-refractivity contribution in [1.82, 2.24) is 15.5 Å². The molecule has 1 aromatic rings. The van der Waals surface area contributed by atoms with Crippen LogP contribution in [0.3, 0.4) is 0 Å². The van der Waals surface area contributed by atoms with Crippen LogP contribution in [0.2, 0.25) is 0 Å². The van der Waals surface area contributed by atoms with Crippen molar-refractivity contribution in [3.8, 4) is 5.75 Å². The average Bonchev–Trinajstić information content (AvgIpc) is 2.65. The fraction of sp³-hybridized carbons (Fsp3) is 0.640. The van der Waals surface area contributed by atoms with Gasteiger partial charge in [0.1, 0.15) is 23.4 Å². The van der Waals surface area contributed by atoms with Gasteiger partial charge in [-0.1, -0.05) is 46.8 Å². The van der Waals surface area contributed by atoms with Crippen molar-refractivity contribution in [2.24, 2.45) is 5.92 Å². The van der Waals surface area contributed by atoms with Crippen LogP contribution in [0.25, 0.3) is 0 Å². The Morgan fingerprint density at radius 1 is 1.06 bits per heavy atom. The standard InChI is InChI=1S/C25H41N3O5/c1-15(2)20(28(10)23(32)33-25(6,7)8)22(31)27-18(21(30)26-9)14-16-11-12-19(29)17(13-16)24(3,4)5/h11-13,15,18,20,29H,14H2,1-10H3,(H,26,30)(H,27,31)/t18-,20-/m0/s1. The van der Waals surface area contributed by atoms with Crippen LogP contribution in [0.15, 0.2) is 18.2 Å². The van der Waals surface area contributed by atoms with Crippen LogP contribution in [-0.2, 0) is 26.2 Å². The van der Waals surface area contributed by atoms with Gasteiger partial charge in [0.2, 0.25) is 11.8 Å². The monoisotopic (exact) mass is 463 g/mol. The summed E-state index contributed by atoms with van der Waals surface area (Å²) in [5.74, 6) is -0.822. The van der Waals surface area contributed by atoms with E-state index in [4.69, 9.17) is 4.74 Å². The molecule has 0 unspecified atom stereocenters. The number of benzene rings is 1. The van der Waals surface area contributed by atoms with E-state index in [-0.39, 0.29) is 29.4 Å². The molecule has 33 heavy (non-hydrogen) atoms. The fourth-order valence-electron chi connectivity index (χ4n) is 3.56. The number of ether oxygens (including phenoxy) is 1. The average molecular weight is 464 g/mol. The lowest BCUT2D eigenvalue weighted by molar-refractivity contribution is -0.132. The number of hydrogen-bond donors (Lipinski definition) is 3. The largest absolute Gasteiger partial charge is 0.508 e. The molecule has 1 aromatic carbocycles. The quantitative estimate of drug-likeness (QED) is 0.575. The molecule has 0 aliphatic carbocycles. The molecule has 8 nitrogen and oxygen atoms in total. The van der Waals surface area contributed by atoms with Gasteiger partial charge in [-0.3, -0.25) is 14.5 Å². The zero-order chi connectivity index (χ0) is 25.7. The Bertz CT molecular complexity index is 853. The van der Waals surface area contributed by atoms with Crippen molar-refractivity contribution in [3.63, 3.8) is 0 Å². The number of rotatable bonds is 7. The molecule has 0 radical (unpaired) electrons. The van der Waals surface area contributed by atoms with Gasteiger partial charge >= 0.3 is 6.09 Å². The van der Waals surface area contributed by atoms with E-state index in [1.807, 2.05) is 40.7 Å². The summed E-state index contributed by atoms with van der Waals surface area (Å²) in [5, 5.41) is 15.6. The van der Waals surface area contributed by atoms with Crippen molar-refractivity contribution in [3.05, 3.63) is 29.3 Å². The highest BCUT2D eigenvalue weighted by atomic mass is 16.6. The van der Waals surface area contributed by atoms with Crippen LogP contribution >= 0.6 is 0 Å². The van der Waals surface area contributed by atoms with Gasteiger partial charge in [-0.25, -0.2) is 4.79 Å². The van der Waals surface area contributed by atoms with Crippen molar-refractivity contribution in [2.45, 2.75) is 84.9 Å². The van der Waals surface area contributed by atoms with E-state index in [9.17, 15) is 19.5 Å². The number of phenols is 1. The first kappa shape index (κ1) is 28.3. The summed E-state index contributed by atoms with van der Waals surface area (Å²) < 4.78 is 5.41. The third-order valence-electron chi connectivity index (χ3n) is 5.19. The second-order valence-electron chi connectivity index (χ2n) is 10.8. The lowest BCUT2D eigenvalue weighted by Gasteiger charge is -2.33. The van der Waals surface area contributed by atoms with Gasteiger partial charge < -0.3 is 20.5 Å². The molecule has 0 heterocycles. The van der Waals surface area contributed by atoms with Crippen molar-refractivity contribution in [1.29, 1.82) is 0 Å². The summed E-state index contributed by atoms with van der Waals surface area (Å²) in [5.41, 5.74) is 0.572. The SMILES string of the molecule is CNC(=O)[C@H](Cc1ccc(O)c(C(C)(C)C)c1)NC(=O)[C@H](C(C)C)N(C)C(=O)OC(C)(C)C. The number of phenolic OH excluding ortho intramolecular Hbond substituents is 1. The predicted octanol–water partition coefficient (Wildman–Crippen LogP) is 3.35. The number of amides is 3. The minimum Gasteiger partial charge on any atom is -0.508 e. The molecule has 0 saturated carbocycles. The van der Waals surface area contributed by atoms with Crippen LogP contribution in [0, 0.1) is 5.92 Å². The lowest BCUT2D eigenvalue weighted by atomic mass is 9.84. The van der Waals surface area contributed by atoms with Gasteiger partial charge in [-0.15, -0.1) is 0 Å². The molecule has 0 saturated heterocycles. The molecule has 3 N–H and O–H groups in total. The number of aromatic hydroxyl groups is 1. The summed E-state index contributed by atoms with van der Waals surface area (Å²) in [4.78, 5) is 39.6. The van der Waals surface area contributed by atoms with Gasteiger partial charge in [-0.2, -0.15) is 0 Å². The van der Waals surface area contributed by atoms with Crippen LogP contribution in [0.4, 0.5) is 4.79 Å². The van der Waals surface area contributed by atoms with E-state index < -0.39 is 29.7 Å². The normalized spacial score (nSPS) is 13.8. The summed E-state index contributed by atoms with van der Waals surface area (Å²) in [7, 11) is 3.02. The lowest BCUT2D eigenvalue weighted by Crippen LogP contribution is -2.56. The van der Waals surface area contributed by atoms with E-state index >= 15 is 0 Å². The molecule has 1 rings (SSSR count). The van der Waals surface area contributed by atoms with Gasteiger partial charge in [0.15, 0.2) is 0 Å². The third kappa shape index (κ3) is 8.26. The summed E-state index contributed by atoms with van der Waals surface area (Å²) in [6, 6.07) is 3.51. The summed E-state index contributed by atoms with van der Waals surface area (Å²) in [6.07, 6.45) is -0.378. The first-order valence-corrected chi connectivity index (χ1v) is 11.3. The highest BCUT2D eigenvalue weighted by Crippen LogP contribution is 2.31. The molecule has 186 valence electrons. The Morgan fingerprint density at radius 3 is 2.09 bits per heavy atom. The van der Waals surface area contributed by atoms with Crippen LogP contribution in [0.5, 0.6) is 5.75 Å². The Hall–Kier alpha value is -2.77. The number of carbonyl (C=O) groups is 3. The van der Waals surface area contributed by atoms with Crippen LogP contribution in [-0.4, -0.2) is 59.7 Å². The Morgan fingerprint density at radius 2 is 1.64 bits per heavy atom. The Kier molecular flexibility index (Phi) is 9.33. The maximum Gasteiger partial charge on any atom is 0.410 e. The van der Waals surface area contributed by atoms with E-state index in [1.165, 1.54) is 19.0 Å². The van der Waals surface area contributed by atoms with E-state index in [0.717, 1.165) is 11.1 Å². The number of nitrogens with zero attached hydrogens (tertiary/aromatic N) is 1. The molecule has 2 atom stereocenters. The van der Waals surface area contributed by atoms with Gasteiger partial charge in [0.25, 0.3) is 0 Å². The molecule has 3 amide bonds. The van der Waals surface area contributed by atoms with Gasteiger partial charge in [-0.05, 0) is 49.3 Å². The first-order chi connectivity index (χ1) is 15.0. The molecular formula is C25H41N3O5. The smallest absolute Gasteiger partial charge is 0.410 e. The zero-order valence-electron chi connectivity index (χ0n) is 21.7. The van der Waals surface area contributed by atoms with Crippen LogP contribution < -0.4 is 10.6 Å². The van der Waals surface area contributed by atoms with Crippen molar-refractivity contribution < 1.29 is 24.2 Å². The molecular weight excluding hydrogens is 422 g/mol. The molecule has 0 aliphatic heterocycles. The second-order valence-corrected chi connectivity index (χ2v) is 10.8. The zero-order valence-corrected chi connectivity index (χ0v) is 21.7. The summed E-state index contributed by atoms with van der Waals surface area (Å²) >= 11 is 0. The molecule has 8 heteroatoms. The molecule has 0 spiro atoms. The number of nitrogens with one attached hydrogen (secondary N) is 2. The third-order valence-corrected chi connectivity index (χ3v) is 5.19. The summed E-state index contributed by atoms with van der Waals surface area (Å²) in [6.45, 7) is 14.9. The van der Waals surface area contributed by atoms with Crippen molar-refractivity contribution >= 4 is 17.9 Å². The van der Waals surface area contributed by atoms with E-state index in [1.54, 1.807) is 32.9 Å². The number of likely N-dealkylation sites (N-methyl/N-ethyl adjacent to an activating group) is 2. The maximum atomic E-state index is 13.2.